The van der Waals surface area contributed by atoms with E-state index < -0.39 is 0 Å². The number of hydrogen-bond acceptors (Lipinski definition) is 2. The van der Waals surface area contributed by atoms with Gasteiger partial charge in [-0.1, -0.05) is 40.2 Å². The zero-order valence-corrected chi connectivity index (χ0v) is 16.5. The molecule has 0 aliphatic heterocycles. The van der Waals surface area contributed by atoms with Crippen molar-refractivity contribution in [2.45, 2.75) is 20.4 Å². The summed E-state index contributed by atoms with van der Waals surface area (Å²) in [5.74, 6) is 0.722. The predicted molar refractivity (Wildman–Crippen MR) is 111 cm³/mol. The number of hydrogen-bond donors (Lipinski definition) is 2. The monoisotopic (exact) mass is 414 g/mol. The lowest BCUT2D eigenvalue weighted by Crippen LogP contribution is -2.20. The average Bonchev–Trinajstić information content (AvgIpc) is 3.00. The minimum absolute atomic E-state index is 0.530. The van der Waals surface area contributed by atoms with Crippen LogP contribution in [0.2, 0.25) is 0 Å². The van der Waals surface area contributed by atoms with Crippen LogP contribution in [-0.4, -0.2) is 14.9 Å². The van der Waals surface area contributed by atoms with Crippen LogP contribution in [0.15, 0.2) is 59.2 Å². The third kappa shape index (κ3) is 4.90. The third-order valence-electron chi connectivity index (χ3n) is 3.78. The zero-order chi connectivity index (χ0) is 17.8. The highest BCUT2D eigenvalue weighted by Gasteiger charge is 2.05. The Hall–Kier alpha value is -2.18. The maximum Gasteiger partial charge on any atom is 0.176 e. The minimum Gasteiger partial charge on any atom is -0.332 e. The van der Waals surface area contributed by atoms with Crippen LogP contribution in [0.5, 0.6) is 0 Å². The van der Waals surface area contributed by atoms with Crippen LogP contribution in [0.4, 0.5) is 11.5 Å². The number of rotatable bonds is 4. The number of halogens is 1. The summed E-state index contributed by atoms with van der Waals surface area (Å²) in [5, 5.41) is 11.4. The second-order valence-electron chi connectivity index (χ2n) is 5.92. The van der Waals surface area contributed by atoms with Crippen molar-refractivity contribution in [1.82, 2.24) is 9.78 Å². The summed E-state index contributed by atoms with van der Waals surface area (Å²) in [6.07, 6.45) is 1.94. The van der Waals surface area contributed by atoms with E-state index in [-0.39, 0.29) is 0 Å². The molecule has 0 amide bonds. The molecule has 0 aliphatic carbocycles. The molecule has 0 bridgehead atoms. The zero-order valence-electron chi connectivity index (χ0n) is 14.1. The molecule has 0 atom stereocenters. The van der Waals surface area contributed by atoms with Crippen molar-refractivity contribution in [3.8, 4) is 0 Å². The van der Waals surface area contributed by atoms with Crippen LogP contribution in [0.3, 0.4) is 0 Å². The van der Waals surface area contributed by atoms with E-state index in [1.807, 2.05) is 29.1 Å². The van der Waals surface area contributed by atoms with Crippen LogP contribution in [0.1, 0.15) is 16.7 Å². The third-order valence-corrected chi connectivity index (χ3v) is 4.51. The highest BCUT2D eigenvalue weighted by atomic mass is 79.9. The highest BCUT2D eigenvalue weighted by Crippen LogP contribution is 2.17. The summed E-state index contributed by atoms with van der Waals surface area (Å²) in [4.78, 5) is 0. The van der Waals surface area contributed by atoms with Gasteiger partial charge < -0.3 is 10.6 Å². The maximum absolute atomic E-state index is 5.40. The molecule has 0 saturated heterocycles. The van der Waals surface area contributed by atoms with Crippen LogP contribution in [0.25, 0.3) is 0 Å². The molecule has 3 rings (SSSR count). The van der Waals surface area contributed by atoms with Gasteiger partial charge in [0.15, 0.2) is 10.9 Å². The highest BCUT2D eigenvalue weighted by molar-refractivity contribution is 9.10. The maximum atomic E-state index is 5.40. The molecule has 0 fully saturated rings. The summed E-state index contributed by atoms with van der Waals surface area (Å²) >= 11 is 8.84. The number of anilines is 2. The molecule has 6 heteroatoms. The summed E-state index contributed by atoms with van der Waals surface area (Å²) in [5.41, 5.74) is 4.53. The fraction of sp³-hybridized carbons (Fsp3) is 0.158. The lowest BCUT2D eigenvalue weighted by atomic mass is 10.1. The number of thiocarbonyl (C=S) groups is 1. The first-order chi connectivity index (χ1) is 12.0. The van der Waals surface area contributed by atoms with Crippen molar-refractivity contribution < 1.29 is 0 Å². The standard InChI is InChI=1S/C19H19BrN4S/c1-13-3-4-14(2)17(11-13)21-19(25)22-18-9-10-24(23-18)12-15-5-7-16(20)8-6-15/h3-11H,12H2,1-2H3,(H2,21,22,23,25). The molecule has 2 aromatic carbocycles. The van der Waals surface area contributed by atoms with Crippen LogP contribution in [-0.2, 0) is 6.54 Å². The Morgan fingerprint density at radius 1 is 1.08 bits per heavy atom. The second kappa shape index (κ2) is 7.80. The van der Waals surface area contributed by atoms with Gasteiger partial charge in [-0.15, -0.1) is 0 Å². The smallest absolute Gasteiger partial charge is 0.176 e. The van der Waals surface area contributed by atoms with E-state index >= 15 is 0 Å². The lowest BCUT2D eigenvalue weighted by Gasteiger charge is -2.11. The predicted octanol–water partition coefficient (Wildman–Crippen LogP) is 5.12. The van der Waals surface area contributed by atoms with E-state index in [4.69, 9.17) is 12.2 Å². The summed E-state index contributed by atoms with van der Waals surface area (Å²) < 4.78 is 2.95. The lowest BCUT2D eigenvalue weighted by molar-refractivity contribution is 0.690. The Bertz CT molecular complexity index is 887. The molecule has 0 saturated carbocycles. The molecule has 0 spiro atoms. The average molecular weight is 415 g/mol. The number of benzene rings is 2. The normalized spacial score (nSPS) is 10.5. The fourth-order valence-corrected chi connectivity index (χ4v) is 2.91. The van der Waals surface area contributed by atoms with E-state index in [1.165, 1.54) is 11.1 Å². The first-order valence-electron chi connectivity index (χ1n) is 7.93. The molecule has 25 heavy (non-hydrogen) atoms. The van der Waals surface area contributed by atoms with Gasteiger partial charge in [0.1, 0.15) is 0 Å². The molecular formula is C19H19BrN4S. The van der Waals surface area contributed by atoms with Gasteiger partial charge in [-0.2, -0.15) is 5.10 Å². The number of nitrogens with one attached hydrogen (secondary N) is 2. The molecule has 0 radical (unpaired) electrons. The Kier molecular flexibility index (Phi) is 5.50. The summed E-state index contributed by atoms with van der Waals surface area (Å²) in [7, 11) is 0. The number of nitrogens with zero attached hydrogens (tertiary/aromatic N) is 2. The molecular weight excluding hydrogens is 396 g/mol. The van der Waals surface area contributed by atoms with E-state index in [0.717, 1.165) is 21.5 Å². The Morgan fingerprint density at radius 2 is 1.84 bits per heavy atom. The van der Waals surface area contributed by atoms with E-state index in [1.54, 1.807) is 0 Å². The van der Waals surface area contributed by atoms with Gasteiger partial charge in [-0.3, -0.25) is 4.68 Å². The number of aryl methyl sites for hydroxylation is 2. The first-order valence-corrected chi connectivity index (χ1v) is 9.13. The molecule has 2 N–H and O–H groups in total. The fourth-order valence-electron chi connectivity index (χ4n) is 2.43. The van der Waals surface area contributed by atoms with Gasteiger partial charge in [0.2, 0.25) is 0 Å². The van der Waals surface area contributed by atoms with Crippen molar-refractivity contribution in [2.24, 2.45) is 0 Å². The van der Waals surface area contributed by atoms with Gasteiger partial charge in [0, 0.05) is 22.4 Å². The van der Waals surface area contributed by atoms with Gasteiger partial charge in [-0.25, -0.2) is 0 Å². The van der Waals surface area contributed by atoms with Crippen LogP contribution >= 0.6 is 28.1 Å². The molecule has 128 valence electrons. The number of aromatic nitrogens is 2. The van der Waals surface area contributed by atoms with E-state index in [0.29, 0.717) is 11.7 Å². The molecule has 0 unspecified atom stereocenters. The van der Waals surface area contributed by atoms with Crippen LogP contribution in [0, 0.1) is 13.8 Å². The molecule has 1 aromatic heterocycles. The van der Waals surface area contributed by atoms with Crippen molar-refractivity contribution in [1.29, 1.82) is 0 Å². The van der Waals surface area contributed by atoms with Gasteiger partial charge in [0.05, 0.1) is 6.54 Å². The Labute approximate surface area is 161 Å². The van der Waals surface area contributed by atoms with Gasteiger partial charge >= 0.3 is 0 Å². The molecule has 3 aromatic rings. The quantitative estimate of drug-likeness (QED) is 0.581. The van der Waals surface area contributed by atoms with Crippen molar-refractivity contribution in [3.05, 3.63) is 75.9 Å². The molecule has 1 heterocycles. The first kappa shape index (κ1) is 17.6. The van der Waals surface area contributed by atoms with Crippen molar-refractivity contribution in [2.75, 3.05) is 10.6 Å². The van der Waals surface area contributed by atoms with E-state index in [9.17, 15) is 0 Å². The molecule has 4 nitrogen and oxygen atoms in total. The van der Waals surface area contributed by atoms with Gasteiger partial charge in [-0.05, 0) is 61.0 Å². The summed E-state index contributed by atoms with van der Waals surface area (Å²) in [6, 6.07) is 16.4. The van der Waals surface area contributed by atoms with Crippen LogP contribution < -0.4 is 10.6 Å². The second-order valence-corrected chi connectivity index (χ2v) is 7.25. The van der Waals surface area contributed by atoms with Crippen molar-refractivity contribution in [3.63, 3.8) is 0 Å². The topological polar surface area (TPSA) is 41.9 Å². The van der Waals surface area contributed by atoms with Crippen molar-refractivity contribution >= 4 is 44.8 Å². The van der Waals surface area contributed by atoms with Gasteiger partial charge in [0.25, 0.3) is 0 Å². The molecule has 0 aliphatic rings. The SMILES string of the molecule is Cc1ccc(C)c(NC(=S)Nc2ccn(Cc3ccc(Br)cc3)n2)c1. The summed E-state index contributed by atoms with van der Waals surface area (Å²) in [6.45, 7) is 4.83. The van der Waals surface area contributed by atoms with E-state index in [2.05, 4.69) is 75.8 Å². The largest absolute Gasteiger partial charge is 0.332 e. The minimum atomic E-state index is 0.530. The Balaban J connectivity index is 1.61. The Morgan fingerprint density at radius 3 is 2.60 bits per heavy atom.